The third-order valence-electron chi connectivity index (χ3n) is 3.03. The number of phenols is 1. The minimum atomic E-state index is -0.619. The molecule has 0 aliphatic rings. The van der Waals surface area contributed by atoms with E-state index < -0.39 is 29.4 Å². The molecule has 0 fully saturated rings. The number of alkyl carbamates (subject to hydrolysis) is 2. The summed E-state index contributed by atoms with van der Waals surface area (Å²) in [6, 6.07) is 6.25. The van der Waals surface area contributed by atoms with Crippen LogP contribution in [0.2, 0.25) is 0 Å². The molecule has 0 aliphatic heterocycles. The van der Waals surface area contributed by atoms with Gasteiger partial charge in [0, 0.05) is 6.54 Å². The number of aromatic hydroxyl groups is 1. The fraction of sp³-hybridized carbons (Fsp3) is 0.579. The van der Waals surface area contributed by atoms with Gasteiger partial charge in [-0.05, 0) is 65.7 Å². The van der Waals surface area contributed by atoms with Gasteiger partial charge in [0.25, 0.3) is 0 Å². The molecule has 7 heteroatoms. The van der Waals surface area contributed by atoms with Crippen LogP contribution in [0.5, 0.6) is 5.75 Å². The molecule has 1 aromatic carbocycles. The maximum atomic E-state index is 12.1. The van der Waals surface area contributed by atoms with Gasteiger partial charge in [-0.1, -0.05) is 12.1 Å². The van der Waals surface area contributed by atoms with Crippen molar-refractivity contribution in [3.8, 4) is 5.75 Å². The van der Waals surface area contributed by atoms with Crippen LogP contribution in [-0.2, 0) is 15.9 Å². The summed E-state index contributed by atoms with van der Waals surface area (Å²) in [6.45, 7) is 10.8. The van der Waals surface area contributed by atoms with Crippen LogP contribution in [0.1, 0.15) is 47.1 Å². The Bertz CT molecular complexity index is 600. The topological polar surface area (TPSA) is 96.9 Å². The molecule has 0 unspecified atom stereocenters. The van der Waals surface area contributed by atoms with Crippen LogP contribution >= 0.6 is 0 Å². The summed E-state index contributed by atoms with van der Waals surface area (Å²) in [5.74, 6) is 0.164. The lowest BCUT2D eigenvalue weighted by Crippen LogP contribution is -2.47. The van der Waals surface area contributed by atoms with Crippen molar-refractivity contribution < 1.29 is 24.2 Å². The Balaban J connectivity index is 2.72. The van der Waals surface area contributed by atoms with Crippen LogP contribution in [-0.4, -0.2) is 41.1 Å². The van der Waals surface area contributed by atoms with Gasteiger partial charge in [-0.3, -0.25) is 0 Å². The molecule has 7 nitrogen and oxygen atoms in total. The fourth-order valence-electron chi connectivity index (χ4n) is 2.09. The molecule has 26 heavy (non-hydrogen) atoms. The molecule has 1 aromatic rings. The molecule has 1 rings (SSSR count). The van der Waals surface area contributed by atoms with E-state index >= 15 is 0 Å². The monoisotopic (exact) mass is 366 g/mol. The summed E-state index contributed by atoms with van der Waals surface area (Å²) in [6.07, 6.45) is -0.665. The van der Waals surface area contributed by atoms with Crippen molar-refractivity contribution in [1.82, 2.24) is 10.6 Å². The summed E-state index contributed by atoms with van der Waals surface area (Å²) in [5, 5.41) is 14.8. The quantitative estimate of drug-likeness (QED) is 0.742. The van der Waals surface area contributed by atoms with E-state index in [2.05, 4.69) is 10.6 Å². The maximum Gasteiger partial charge on any atom is 0.407 e. The molecule has 0 heterocycles. The first-order valence-corrected chi connectivity index (χ1v) is 8.58. The predicted molar refractivity (Wildman–Crippen MR) is 99.2 cm³/mol. The predicted octanol–water partition coefficient (Wildman–Crippen LogP) is 3.35. The summed E-state index contributed by atoms with van der Waals surface area (Å²) < 4.78 is 10.5. The molecule has 0 aliphatic carbocycles. The summed E-state index contributed by atoms with van der Waals surface area (Å²) in [5.41, 5.74) is -0.323. The smallest absolute Gasteiger partial charge is 0.407 e. The van der Waals surface area contributed by atoms with E-state index in [1.807, 2.05) is 0 Å². The van der Waals surface area contributed by atoms with Gasteiger partial charge in [0.2, 0.25) is 0 Å². The standard InChI is InChI=1S/C19H30N2O5/c1-18(2,3)25-16(23)20-12-14(21-17(24)26-19(4,5)6)11-13-7-9-15(22)10-8-13/h7-10,14,22H,11-12H2,1-6H3,(H,20,23)(H,21,24)/t14-/m0/s1. The molecule has 2 amide bonds. The Hall–Kier alpha value is -2.44. The Labute approximate surface area is 155 Å². The number of phenolic OH excluding ortho intramolecular Hbond substituents is 1. The second-order valence-electron chi connectivity index (χ2n) is 8.10. The highest BCUT2D eigenvalue weighted by Gasteiger charge is 2.22. The van der Waals surface area contributed by atoms with Crippen molar-refractivity contribution in [1.29, 1.82) is 0 Å². The van der Waals surface area contributed by atoms with E-state index in [-0.39, 0.29) is 12.3 Å². The van der Waals surface area contributed by atoms with Gasteiger partial charge in [0.15, 0.2) is 0 Å². The lowest BCUT2D eigenvalue weighted by Gasteiger charge is -2.25. The maximum absolute atomic E-state index is 12.1. The number of nitrogens with one attached hydrogen (secondary N) is 2. The van der Waals surface area contributed by atoms with Crippen molar-refractivity contribution in [2.24, 2.45) is 0 Å². The summed E-state index contributed by atoms with van der Waals surface area (Å²) >= 11 is 0. The zero-order valence-corrected chi connectivity index (χ0v) is 16.4. The molecule has 0 saturated heterocycles. The van der Waals surface area contributed by atoms with E-state index in [1.54, 1.807) is 65.8 Å². The van der Waals surface area contributed by atoms with E-state index in [0.717, 1.165) is 5.56 Å². The zero-order valence-electron chi connectivity index (χ0n) is 16.4. The second kappa shape index (κ2) is 8.78. The van der Waals surface area contributed by atoms with Crippen LogP contribution in [0.25, 0.3) is 0 Å². The number of benzene rings is 1. The minimum absolute atomic E-state index is 0.164. The Morgan fingerprint density at radius 2 is 1.46 bits per heavy atom. The van der Waals surface area contributed by atoms with Crippen LogP contribution in [0, 0.1) is 0 Å². The number of carbonyl (C=O) groups is 2. The number of rotatable bonds is 5. The average molecular weight is 366 g/mol. The largest absolute Gasteiger partial charge is 0.508 e. The van der Waals surface area contributed by atoms with Gasteiger partial charge in [-0.15, -0.1) is 0 Å². The van der Waals surface area contributed by atoms with Gasteiger partial charge in [0.05, 0.1) is 6.04 Å². The highest BCUT2D eigenvalue weighted by Crippen LogP contribution is 2.12. The van der Waals surface area contributed by atoms with E-state index in [4.69, 9.17) is 9.47 Å². The third kappa shape index (κ3) is 9.76. The SMILES string of the molecule is CC(C)(C)OC(=O)NC[C@H](Cc1ccc(O)cc1)NC(=O)OC(C)(C)C. The molecule has 3 N–H and O–H groups in total. The fourth-order valence-corrected chi connectivity index (χ4v) is 2.09. The first-order chi connectivity index (χ1) is 11.8. The number of hydrogen-bond donors (Lipinski definition) is 3. The van der Waals surface area contributed by atoms with Crippen molar-refractivity contribution in [3.63, 3.8) is 0 Å². The van der Waals surface area contributed by atoms with E-state index in [9.17, 15) is 14.7 Å². The second-order valence-corrected chi connectivity index (χ2v) is 8.10. The van der Waals surface area contributed by atoms with Crippen molar-refractivity contribution in [2.75, 3.05) is 6.54 Å². The summed E-state index contributed by atoms with van der Waals surface area (Å²) in [7, 11) is 0. The molecule has 0 bridgehead atoms. The molecule has 0 radical (unpaired) electrons. The molecule has 0 aromatic heterocycles. The van der Waals surface area contributed by atoms with Gasteiger partial charge in [-0.2, -0.15) is 0 Å². The number of hydrogen-bond acceptors (Lipinski definition) is 5. The number of ether oxygens (including phenoxy) is 2. The molecule has 0 spiro atoms. The minimum Gasteiger partial charge on any atom is -0.508 e. The van der Waals surface area contributed by atoms with E-state index in [0.29, 0.717) is 6.42 Å². The molecular formula is C19H30N2O5. The van der Waals surface area contributed by atoms with Crippen LogP contribution in [0.3, 0.4) is 0 Å². The molecule has 146 valence electrons. The van der Waals surface area contributed by atoms with Crippen molar-refractivity contribution in [3.05, 3.63) is 29.8 Å². The van der Waals surface area contributed by atoms with Crippen LogP contribution in [0.4, 0.5) is 9.59 Å². The highest BCUT2D eigenvalue weighted by atomic mass is 16.6. The van der Waals surface area contributed by atoms with Gasteiger partial charge in [-0.25, -0.2) is 9.59 Å². The zero-order chi connectivity index (χ0) is 20.0. The van der Waals surface area contributed by atoms with E-state index in [1.165, 1.54) is 0 Å². The first-order valence-electron chi connectivity index (χ1n) is 8.58. The van der Waals surface area contributed by atoms with Gasteiger partial charge < -0.3 is 25.2 Å². The summed E-state index contributed by atoms with van der Waals surface area (Å²) in [4.78, 5) is 23.9. The normalized spacial score (nSPS) is 12.8. The molecule has 0 saturated carbocycles. The molecular weight excluding hydrogens is 336 g/mol. The lowest BCUT2D eigenvalue weighted by atomic mass is 10.1. The highest BCUT2D eigenvalue weighted by molar-refractivity contribution is 5.69. The number of carbonyl (C=O) groups excluding carboxylic acids is 2. The third-order valence-corrected chi connectivity index (χ3v) is 3.03. The average Bonchev–Trinajstić information content (AvgIpc) is 2.43. The molecule has 1 atom stereocenters. The lowest BCUT2D eigenvalue weighted by molar-refractivity contribution is 0.0463. The number of amides is 2. The van der Waals surface area contributed by atoms with Gasteiger partial charge >= 0.3 is 12.2 Å². The van der Waals surface area contributed by atoms with Crippen molar-refractivity contribution in [2.45, 2.75) is 65.2 Å². The Kier molecular flexibility index (Phi) is 7.29. The van der Waals surface area contributed by atoms with Crippen LogP contribution < -0.4 is 10.6 Å². The Morgan fingerprint density at radius 1 is 0.962 bits per heavy atom. The van der Waals surface area contributed by atoms with Crippen LogP contribution in [0.15, 0.2) is 24.3 Å². The van der Waals surface area contributed by atoms with Crippen molar-refractivity contribution >= 4 is 12.2 Å². The van der Waals surface area contributed by atoms with Gasteiger partial charge in [0.1, 0.15) is 17.0 Å². The first kappa shape index (κ1) is 21.6. The Morgan fingerprint density at radius 3 is 1.96 bits per heavy atom.